The van der Waals surface area contributed by atoms with Crippen LogP contribution in [0.4, 0.5) is 4.79 Å². The summed E-state index contributed by atoms with van der Waals surface area (Å²) in [5, 5.41) is 0. The summed E-state index contributed by atoms with van der Waals surface area (Å²) in [6.45, 7) is 1.55. The lowest BCUT2D eigenvalue weighted by atomic mass is 9.85. The molecule has 2 fully saturated rings. The van der Waals surface area contributed by atoms with Crippen molar-refractivity contribution in [3.63, 3.8) is 0 Å². The van der Waals surface area contributed by atoms with Crippen LogP contribution >= 0.6 is 0 Å². The Hall–Kier alpha value is -3.23. The number of hydrogen-bond acceptors (Lipinski definition) is 8. The second kappa shape index (κ2) is 9.06. The maximum Gasteiger partial charge on any atom is 0.417 e. The minimum atomic E-state index is -1.47. The van der Waals surface area contributed by atoms with Crippen molar-refractivity contribution < 1.29 is 38.2 Å². The van der Waals surface area contributed by atoms with E-state index in [1.165, 1.54) is 0 Å². The quantitative estimate of drug-likeness (QED) is 0.538. The van der Waals surface area contributed by atoms with Crippen molar-refractivity contribution in [1.82, 2.24) is 4.90 Å². The maximum atomic E-state index is 13.0. The van der Waals surface area contributed by atoms with Crippen molar-refractivity contribution in [2.75, 3.05) is 7.11 Å². The van der Waals surface area contributed by atoms with Gasteiger partial charge in [0, 0.05) is 18.8 Å². The molecule has 0 radical (unpaired) electrons. The van der Waals surface area contributed by atoms with Crippen LogP contribution in [0.15, 0.2) is 30.3 Å². The summed E-state index contributed by atoms with van der Waals surface area (Å²) in [5.74, 6) is -3.86. The van der Waals surface area contributed by atoms with Gasteiger partial charge in [0.25, 0.3) is 0 Å². The summed E-state index contributed by atoms with van der Waals surface area (Å²) in [7, 11) is 1.10. The second-order valence-corrected chi connectivity index (χ2v) is 7.46. The average Bonchev–Trinajstić information content (AvgIpc) is 3.14. The first-order chi connectivity index (χ1) is 14.3. The number of amides is 2. The highest BCUT2D eigenvalue weighted by molar-refractivity contribution is 6.00. The minimum Gasteiger partial charge on any atom is -0.467 e. The highest BCUT2D eigenvalue weighted by atomic mass is 16.6. The number of benzene rings is 1. The van der Waals surface area contributed by atoms with Gasteiger partial charge in [-0.05, 0) is 5.56 Å². The van der Waals surface area contributed by atoms with Crippen LogP contribution in [-0.4, -0.2) is 53.9 Å². The topological polar surface area (TPSA) is 116 Å². The normalized spacial score (nSPS) is 26.7. The molecule has 1 aromatic carbocycles. The van der Waals surface area contributed by atoms with Crippen LogP contribution in [0.25, 0.3) is 0 Å². The van der Waals surface area contributed by atoms with Crippen LogP contribution in [-0.2, 0) is 40.0 Å². The maximum absolute atomic E-state index is 13.0. The Morgan fingerprint density at radius 3 is 2.47 bits per heavy atom. The molecule has 4 atom stereocenters. The first kappa shape index (κ1) is 21.5. The van der Waals surface area contributed by atoms with Gasteiger partial charge >= 0.3 is 18.0 Å². The Bertz CT molecular complexity index is 852. The number of ketones is 1. The number of nitrogens with zero attached hydrogens (tertiary/aromatic N) is 1. The summed E-state index contributed by atoms with van der Waals surface area (Å²) in [5.41, 5.74) is 0.697. The lowest BCUT2D eigenvalue weighted by Crippen LogP contribution is -2.50. The van der Waals surface area contributed by atoms with Gasteiger partial charge < -0.3 is 14.2 Å². The largest absolute Gasteiger partial charge is 0.467 e. The van der Waals surface area contributed by atoms with Gasteiger partial charge in [0.15, 0.2) is 0 Å². The van der Waals surface area contributed by atoms with Crippen molar-refractivity contribution in [2.45, 2.75) is 44.9 Å². The molecule has 0 unspecified atom stereocenters. The third-order valence-corrected chi connectivity index (χ3v) is 5.37. The van der Waals surface area contributed by atoms with Crippen molar-refractivity contribution in [3.05, 3.63) is 35.9 Å². The summed E-state index contributed by atoms with van der Waals surface area (Å²) in [4.78, 5) is 63.4. The molecular weight excluding hydrogens is 394 g/mol. The zero-order valence-corrected chi connectivity index (χ0v) is 16.7. The van der Waals surface area contributed by atoms with E-state index in [2.05, 4.69) is 0 Å². The number of ether oxygens (including phenoxy) is 3. The molecule has 3 rings (SSSR count). The van der Waals surface area contributed by atoms with E-state index in [-0.39, 0.29) is 19.4 Å². The Balaban J connectivity index is 1.87. The van der Waals surface area contributed by atoms with Gasteiger partial charge in [0.1, 0.15) is 24.5 Å². The van der Waals surface area contributed by atoms with Crippen LogP contribution in [0.3, 0.4) is 0 Å². The van der Waals surface area contributed by atoms with Gasteiger partial charge in [-0.3, -0.25) is 14.4 Å². The van der Waals surface area contributed by atoms with E-state index >= 15 is 0 Å². The Morgan fingerprint density at radius 2 is 1.80 bits per heavy atom. The monoisotopic (exact) mass is 417 g/mol. The van der Waals surface area contributed by atoms with Crippen LogP contribution in [0, 0.1) is 11.8 Å². The average molecular weight is 417 g/mol. The van der Waals surface area contributed by atoms with E-state index in [1.54, 1.807) is 37.3 Å². The zero-order valence-electron chi connectivity index (χ0n) is 16.7. The molecule has 2 heterocycles. The Labute approximate surface area is 173 Å². The number of rotatable bonds is 3. The highest BCUT2D eigenvalue weighted by Gasteiger charge is 2.48. The fourth-order valence-electron chi connectivity index (χ4n) is 3.83. The molecule has 0 aliphatic carbocycles. The fraction of sp³-hybridized carbons (Fsp3) is 0.476. The van der Waals surface area contributed by atoms with Crippen LogP contribution in [0.2, 0.25) is 0 Å². The van der Waals surface area contributed by atoms with E-state index in [4.69, 9.17) is 14.2 Å². The highest BCUT2D eigenvalue weighted by Crippen LogP contribution is 2.34. The van der Waals surface area contributed by atoms with Crippen molar-refractivity contribution in [1.29, 1.82) is 0 Å². The van der Waals surface area contributed by atoms with Crippen LogP contribution < -0.4 is 0 Å². The molecule has 9 heteroatoms. The molecule has 9 nitrogen and oxygen atoms in total. The number of imide groups is 1. The van der Waals surface area contributed by atoms with E-state index in [0.29, 0.717) is 10.5 Å². The van der Waals surface area contributed by atoms with E-state index < -0.39 is 60.1 Å². The first-order valence-electron chi connectivity index (χ1n) is 9.64. The van der Waals surface area contributed by atoms with Gasteiger partial charge in [-0.2, -0.15) is 0 Å². The minimum absolute atomic E-state index is 0.107. The number of carbonyl (C=O) groups is 5. The molecule has 0 saturated carbocycles. The molecule has 30 heavy (non-hydrogen) atoms. The molecule has 2 aliphatic rings. The van der Waals surface area contributed by atoms with Crippen LogP contribution in [0.1, 0.15) is 31.7 Å². The van der Waals surface area contributed by atoms with Gasteiger partial charge in [0.05, 0.1) is 19.4 Å². The summed E-state index contributed by atoms with van der Waals surface area (Å²) in [6, 6.07) is 7.36. The number of methoxy groups -OCH3 is 1. The lowest BCUT2D eigenvalue weighted by Gasteiger charge is -2.27. The summed E-state index contributed by atoms with van der Waals surface area (Å²) in [6.07, 6.45) is -2.59. The number of fused-ring (bicyclic) bond motifs is 1. The number of Topliss-reactive ketones (excluding diaryl/α,β-unsaturated/α-hetero) is 1. The Kier molecular flexibility index (Phi) is 6.49. The van der Waals surface area contributed by atoms with Gasteiger partial charge in [-0.1, -0.05) is 37.3 Å². The van der Waals surface area contributed by atoms with E-state index in [0.717, 1.165) is 7.11 Å². The molecule has 0 spiro atoms. The zero-order chi connectivity index (χ0) is 21.8. The summed E-state index contributed by atoms with van der Waals surface area (Å²) >= 11 is 0. The Morgan fingerprint density at radius 1 is 1.10 bits per heavy atom. The van der Waals surface area contributed by atoms with Crippen molar-refractivity contribution in [2.24, 2.45) is 11.8 Å². The van der Waals surface area contributed by atoms with Crippen molar-refractivity contribution in [3.8, 4) is 0 Å². The fourth-order valence-corrected chi connectivity index (χ4v) is 3.83. The van der Waals surface area contributed by atoms with Crippen molar-refractivity contribution >= 4 is 29.7 Å². The molecule has 2 aliphatic heterocycles. The third-order valence-electron chi connectivity index (χ3n) is 5.37. The van der Waals surface area contributed by atoms with Gasteiger partial charge in [-0.15, -0.1) is 0 Å². The number of carbonyl (C=O) groups excluding carboxylic acids is 5. The SMILES string of the molecule is COC(=O)[C@@H]1CC(=O)[C@@H]2CC(=O)O[C@@H]2[C@@H](C)CC(=O)N1C(=O)OCc1ccccc1. The van der Waals surface area contributed by atoms with Gasteiger partial charge in [0.2, 0.25) is 5.91 Å². The third kappa shape index (κ3) is 4.50. The lowest BCUT2D eigenvalue weighted by molar-refractivity contribution is -0.153. The standard InChI is InChI=1S/C21H23NO8/c1-12-8-17(24)22(21(27)29-11-13-6-4-3-5-7-13)15(20(26)28-2)10-16(23)14-9-18(25)30-19(12)14/h3-7,12,14-15,19H,8-11H2,1-2H3/t12-,14-,15-,19+/m0/s1. The first-order valence-corrected chi connectivity index (χ1v) is 9.64. The van der Waals surface area contributed by atoms with Crippen LogP contribution in [0.5, 0.6) is 0 Å². The molecule has 2 saturated heterocycles. The van der Waals surface area contributed by atoms with Gasteiger partial charge in [-0.25, -0.2) is 14.5 Å². The molecule has 2 amide bonds. The molecular formula is C21H23NO8. The molecule has 160 valence electrons. The molecule has 0 aromatic heterocycles. The van der Waals surface area contributed by atoms with E-state index in [9.17, 15) is 24.0 Å². The molecule has 1 aromatic rings. The number of hydrogen-bond donors (Lipinski definition) is 0. The predicted octanol–water partition coefficient (Wildman–Crippen LogP) is 1.62. The molecule has 0 N–H and O–H groups in total. The van der Waals surface area contributed by atoms with E-state index in [1.807, 2.05) is 0 Å². The summed E-state index contributed by atoms with van der Waals surface area (Å²) < 4.78 is 15.2. The smallest absolute Gasteiger partial charge is 0.417 e. The molecule has 0 bridgehead atoms. The predicted molar refractivity (Wildman–Crippen MR) is 101 cm³/mol. The number of esters is 2. The second-order valence-electron chi connectivity index (χ2n) is 7.46.